The predicted octanol–water partition coefficient (Wildman–Crippen LogP) is 1.54. The van der Waals surface area contributed by atoms with Crippen LogP contribution in [0, 0.1) is 12.8 Å². The predicted molar refractivity (Wildman–Crippen MR) is 81.6 cm³/mol. The van der Waals surface area contributed by atoms with Gasteiger partial charge in [-0.3, -0.25) is 4.79 Å². The third kappa shape index (κ3) is 4.06. The monoisotopic (exact) mass is 292 g/mol. The fraction of sp³-hybridized carbons (Fsp3) is 0.667. The molecule has 1 aliphatic rings. The lowest BCUT2D eigenvalue weighted by atomic mass is 9.97. The summed E-state index contributed by atoms with van der Waals surface area (Å²) >= 11 is 0. The molecule has 0 aliphatic carbocycles. The third-order valence-electron chi connectivity index (χ3n) is 3.54. The lowest BCUT2D eigenvalue weighted by Gasteiger charge is -2.32. The summed E-state index contributed by atoms with van der Waals surface area (Å²) in [6.45, 7) is 8.60. The Labute approximate surface area is 125 Å². The molecule has 1 aromatic rings. The highest BCUT2D eigenvalue weighted by molar-refractivity contribution is 5.79. The van der Waals surface area contributed by atoms with Crippen LogP contribution >= 0.6 is 0 Å². The van der Waals surface area contributed by atoms with E-state index in [1.165, 1.54) is 0 Å². The Morgan fingerprint density at radius 2 is 2.29 bits per heavy atom. The Kier molecular flexibility index (Phi) is 5.36. The second-order valence-corrected chi connectivity index (χ2v) is 5.26. The van der Waals surface area contributed by atoms with Crippen LogP contribution in [-0.4, -0.2) is 42.1 Å². The van der Waals surface area contributed by atoms with E-state index in [2.05, 4.69) is 20.2 Å². The quantitative estimate of drug-likeness (QED) is 0.891. The molecule has 1 fully saturated rings. The van der Waals surface area contributed by atoms with Gasteiger partial charge in [-0.1, -0.05) is 0 Å². The second-order valence-electron chi connectivity index (χ2n) is 5.26. The first-order valence-electron chi connectivity index (χ1n) is 7.65. The van der Waals surface area contributed by atoms with Crippen LogP contribution < -0.4 is 15.0 Å². The van der Waals surface area contributed by atoms with Gasteiger partial charge in [0.1, 0.15) is 0 Å². The minimum Gasteiger partial charge on any atom is -0.478 e. The van der Waals surface area contributed by atoms with Crippen molar-refractivity contribution in [3.8, 4) is 5.88 Å². The van der Waals surface area contributed by atoms with E-state index in [0.717, 1.165) is 25.1 Å². The van der Waals surface area contributed by atoms with Crippen LogP contribution in [0.5, 0.6) is 5.88 Å². The minimum atomic E-state index is 0.0124. The van der Waals surface area contributed by atoms with Crippen molar-refractivity contribution in [3.05, 3.63) is 11.8 Å². The highest BCUT2D eigenvalue weighted by Crippen LogP contribution is 2.22. The summed E-state index contributed by atoms with van der Waals surface area (Å²) in [5.41, 5.74) is 0.878. The number of hydrogen-bond acceptors (Lipinski definition) is 5. The zero-order valence-electron chi connectivity index (χ0n) is 13.1. The molecule has 0 bridgehead atoms. The summed E-state index contributed by atoms with van der Waals surface area (Å²) in [7, 11) is 0. The Morgan fingerprint density at radius 3 is 3.00 bits per heavy atom. The number of ether oxygens (including phenoxy) is 1. The average Bonchev–Trinajstić information content (AvgIpc) is 2.47. The fourth-order valence-corrected chi connectivity index (χ4v) is 2.58. The van der Waals surface area contributed by atoms with Gasteiger partial charge in [0.25, 0.3) is 0 Å². The van der Waals surface area contributed by atoms with Gasteiger partial charge in [0.15, 0.2) is 0 Å². The summed E-state index contributed by atoms with van der Waals surface area (Å²) in [5.74, 6) is 1.39. The smallest absolute Gasteiger partial charge is 0.228 e. The van der Waals surface area contributed by atoms with E-state index in [9.17, 15) is 4.79 Å². The van der Waals surface area contributed by atoms with Crippen molar-refractivity contribution >= 4 is 11.9 Å². The number of piperidine rings is 1. The lowest BCUT2D eigenvalue weighted by molar-refractivity contribution is -0.125. The van der Waals surface area contributed by atoms with Crippen molar-refractivity contribution in [2.24, 2.45) is 5.92 Å². The van der Waals surface area contributed by atoms with Gasteiger partial charge in [0.2, 0.25) is 17.7 Å². The minimum absolute atomic E-state index is 0.0124. The van der Waals surface area contributed by atoms with Crippen molar-refractivity contribution in [2.45, 2.75) is 33.6 Å². The van der Waals surface area contributed by atoms with Gasteiger partial charge in [0, 0.05) is 31.4 Å². The Hall–Kier alpha value is -1.85. The standard InChI is InChI=1S/C15H24N4O2/c1-4-16-14(20)12-7-6-8-19(10-12)15-17-11(3)9-13(18-15)21-5-2/h9,12H,4-8,10H2,1-3H3,(H,16,20). The summed E-state index contributed by atoms with van der Waals surface area (Å²) in [6.07, 6.45) is 1.90. The average molecular weight is 292 g/mol. The van der Waals surface area contributed by atoms with E-state index >= 15 is 0 Å². The van der Waals surface area contributed by atoms with Crippen LogP contribution in [0.15, 0.2) is 6.07 Å². The van der Waals surface area contributed by atoms with Crippen LogP contribution in [0.1, 0.15) is 32.4 Å². The maximum atomic E-state index is 12.0. The number of anilines is 1. The maximum Gasteiger partial charge on any atom is 0.228 e. The molecule has 21 heavy (non-hydrogen) atoms. The van der Waals surface area contributed by atoms with Crippen LogP contribution in [0.3, 0.4) is 0 Å². The molecule has 116 valence electrons. The number of nitrogens with one attached hydrogen (secondary N) is 1. The molecule has 6 heteroatoms. The molecule has 2 heterocycles. The molecule has 0 saturated carbocycles. The Bertz CT molecular complexity index is 493. The van der Waals surface area contributed by atoms with Crippen molar-refractivity contribution in [1.82, 2.24) is 15.3 Å². The molecule has 1 N–H and O–H groups in total. The molecule has 2 rings (SSSR count). The first kappa shape index (κ1) is 15.5. The van der Waals surface area contributed by atoms with Gasteiger partial charge in [-0.15, -0.1) is 0 Å². The van der Waals surface area contributed by atoms with Gasteiger partial charge < -0.3 is 15.0 Å². The zero-order valence-corrected chi connectivity index (χ0v) is 13.1. The van der Waals surface area contributed by atoms with Gasteiger partial charge in [-0.05, 0) is 33.6 Å². The molecule has 1 aliphatic heterocycles. The largest absolute Gasteiger partial charge is 0.478 e. The SMILES string of the molecule is CCNC(=O)C1CCCN(c2nc(C)cc(OCC)n2)C1. The van der Waals surface area contributed by atoms with Gasteiger partial charge in [0.05, 0.1) is 12.5 Å². The molecule has 1 amide bonds. The molecule has 1 atom stereocenters. The molecular formula is C15H24N4O2. The van der Waals surface area contributed by atoms with Gasteiger partial charge in [-0.2, -0.15) is 4.98 Å². The van der Waals surface area contributed by atoms with E-state index in [1.807, 2.05) is 26.8 Å². The highest BCUT2D eigenvalue weighted by atomic mass is 16.5. The van der Waals surface area contributed by atoms with Crippen molar-refractivity contribution in [2.75, 3.05) is 31.1 Å². The van der Waals surface area contributed by atoms with Gasteiger partial charge in [-0.25, -0.2) is 4.98 Å². The van der Waals surface area contributed by atoms with Gasteiger partial charge >= 0.3 is 0 Å². The number of carbonyl (C=O) groups excluding carboxylic acids is 1. The highest BCUT2D eigenvalue weighted by Gasteiger charge is 2.27. The van der Waals surface area contributed by atoms with E-state index in [4.69, 9.17) is 4.74 Å². The van der Waals surface area contributed by atoms with Crippen LogP contribution in [0.2, 0.25) is 0 Å². The summed E-state index contributed by atoms with van der Waals surface area (Å²) < 4.78 is 5.47. The Balaban J connectivity index is 2.11. The molecule has 0 radical (unpaired) electrons. The van der Waals surface area contributed by atoms with Crippen molar-refractivity contribution < 1.29 is 9.53 Å². The fourth-order valence-electron chi connectivity index (χ4n) is 2.58. The second kappa shape index (κ2) is 7.24. The molecule has 1 aromatic heterocycles. The van der Waals surface area contributed by atoms with E-state index in [1.54, 1.807) is 0 Å². The van der Waals surface area contributed by atoms with Crippen molar-refractivity contribution in [1.29, 1.82) is 0 Å². The number of nitrogens with zero attached hydrogens (tertiary/aromatic N) is 3. The number of aromatic nitrogens is 2. The topological polar surface area (TPSA) is 67.4 Å². The number of aryl methyl sites for hydroxylation is 1. The summed E-state index contributed by atoms with van der Waals surface area (Å²) in [5, 5.41) is 2.90. The zero-order chi connectivity index (χ0) is 15.2. The van der Waals surface area contributed by atoms with Crippen molar-refractivity contribution in [3.63, 3.8) is 0 Å². The molecule has 6 nitrogen and oxygen atoms in total. The molecule has 0 aromatic carbocycles. The molecule has 1 saturated heterocycles. The van der Waals surface area contributed by atoms with Crippen LogP contribution in [-0.2, 0) is 4.79 Å². The first-order chi connectivity index (χ1) is 10.1. The molecule has 0 spiro atoms. The van der Waals surface area contributed by atoms with Crippen LogP contribution in [0.25, 0.3) is 0 Å². The molecular weight excluding hydrogens is 268 g/mol. The normalized spacial score (nSPS) is 18.4. The van der Waals surface area contributed by atoms with E-state index in [0.29, 0.717) is 31.5 Å². The summed E-state index contributed by atoms with van der Waals surface area (Å²) in [6, 6.07) is 1.83. The Morgan fingerprint density at radius 1 is 1.48 bits per heavy atom. The third-order valence-corrected chi connectivity index (χ3v) is 3.54. The molecule has 1 unspecified atom stereocenters. The lowest BCUT2D eigenvalue weighted by Crippen LogP contribution is -2.43. The summed E-state index contributed by atoms with van der Waals surface area (Å²) in [4.78, 5) is 23.0. The maximum absolute atomic E-state index is 12.0. The van der Waals surface area contributed by atoms with Crippen LogP contribution in [0.4, 0.5) is 5.95 Å². The number of hydrogen-bond donors (Lipinski definition) is 1. The number of amides is 1. The number of carbonyl (C=O) groups is 1. The first-order valence-corrected chi connectivity index (χ1v) is 7.65. The number of rotatable bonds is 5. The van der Waals surface area contributed by atoms with E-state index in [-0.39, 0.29) is 11.8 Å². The van der Waals surface area contributed by atoms with E-state index < -0.39 is 0 Å².